The maximum absolute atomic E-state index is 13.5. The first-order valence-electron chi connectivity index (χ1n) is 8.25. The lowest BCUT2D eigenvalue weighted by molar-refractivity contribution is -0.122. The van der Waals surface area contributed by atoms with Gasteiger partial charge >= 0.3 is 0 Å². The lowest BCUT2D eigenvalue weighted by atomic mass is 9.96. The van der Waals surface area contributed by atoms with E-state index in [1.54, 1.807) is 32.2 Å². The predicted molar refractivity (Wildman–Crippen MR) is 95.1 cm³/mol. The van der Waals surface area contributed by atoms with Gasteiger partial charge in [-0.2, -0.15) is 0 Å². The summed E-state index contributed by atoms with van der Waals surface area (Å²) in [5.74, 6) is 0.241. The lowest BCUT2D eigenvalue weighted by Crippen LogP contribution is -2.42. The van der Waals surface area contributed by atoms with Gasteiger partial charge in [0.2, 0.25) is 5.91 Å². The third-order valence-corrected chi connectivity index (χ3v) is 3.99. The van der Waals surface area contributed by atoms with Gasteiger partial charge in [-0.3, -0.25) is 4.79 Å². The van der Waals surface area contributed by atoms with Crippen molar-refractivity contribution < 1.29 is 19.0 Å². The maximum atomic E-state index is 13.5. The monoisotopic (exact) mass is 345 g/mol. The Morgan fingerprint density at radius 1 is 1.20 bits per heavy atom. The van der Waals surface area contributed by atoms with Crippen LogP contribution in [0, 0.1) is 5.82 Å². The molecule has 1 atom stereocenters. The first-order valence-corrected chi connectivity index (χ1v) is 8.25. The standard InChI is InChI=1S/C20H24FNO3/c1-20(24,13-15-7-10-17(25-2)11-8-15)14-22-19(23)12-9-16-5-3-4-6-18(16)21/h3-8,10-11,24H,9,12-14H2,1-2H3,(H,22,23)/t20-/m0/s1. The molecule has 5 heteroatoms. The molecule has 1 amide bonds. The molecule has 0 aliphatic rings. The van der Waals surface area contributed by atoms with Crippen molar-refractivity contribution in [1.29, 1.82) is 0 Å². The van der Waals surface area contributed by atoms with Crippen LogP contribution in [0.15, 0.2) is 48.5 Å². The van der Waals surface area contributed by atoms with Gasteiger partial charge in [0.05, 0.1) is 12.7 Å². The number of carbonyl (C=O) groups is 1. The van der Waals surface area contributed by atoms with E-state index in [4.69, 9.17) is 4.74 Å². The quantitative estimate of drug-likeness (QED) is 0.773. The van der Waals surface area contributed by atoms with Gasteiger partial charge in [-0.25, -0.2) is 4.39 Å². The fourth-order valence-corrected chi connectivity index (χ4v) is 2.57. The number of aryl methyl sites for hydroxylation is 1. The molecule has 0 aromatic heterocycles. The Bertz CT molecular complexity index is 698. The van der Waals surface area contributed by atoms with Crippen LogP contribution in [0.25, 0.3) is 0 Å². The van der Waals surface area contributed by atoms with E-state index in [0.29, 0.717) is 18.4 Å². The molecule has 0 aliphatic heterocycles. The number of halogens is 1. The van der Waals surface area contributed by atoms with E-state index >= 15 is 0 Å². The summed E-state index contributed by atoms with van der Waals surface area (Å²) in [6, 6.07) is 13.8. The highest BCUT2D eigenvalue weighted by molar-refractivity contribution is 5.76. The summed E-state index contributed by atoms with van der Waals surface area (Å²) in [7, 11) is 1.60. The topological polar surface area (TPSA) is 58.6 Å². The van der Waals surface area contributed by atoms with Crippen LogP contribution in [-0.2, 0) is 17.6 Å². The van der Waals surface area contributed by atoms with Gasteiger partial charge in [-0.05, 0) is 42.7 Å². The van der Waals surface area contributed by atoms with Gasteiger partial charge in [-0.1, -0.05) is 30.3 Å². The third-order valence-electron chi connectivity index (χ3n) is 3.99. The Morgan fingerprint density at radius 3 is 2.52 bits per heavy atom. The first-order chi connectivity index (χ1) is 11.9. The summed E-state index contributed by atoms with van der Waals surface area (Å²) in [4.78, 5) is 11.9. The van der Waals surface area contributed by atoms with Crippen molar-refractivity contribution in [1.82, 2.24) is 5.32 Å². The first kappa shape index (κ1) is 18.9. The summed E-state index contributed by atoms with van der Waals surface area (Å²) in [5.41, 5.74) is 0.399. The van der Waals surface area contributed by atoms with Crippen LogP contribution in [0.2, 0.25) is 0 Å². The zero-order valence-corrected chi connectivity index (χ0v) is 14.6. The molecule has 0 fully saturated rings. The molecular formula is C20H24FNO3. The second-order valence-electron chi connectivity index (χ2n) is 6.39. The Balaban J connectivity index is 1.79. The molecule has 134 valence electrons. The molecular weight excluding hydrogens is 321 g/mol. The van der Waals surface area contributed by atoms with E-state index in [0.717, 1.165) is 11.3 Å². The largest absolute Gasteiger partial charge is 0.497 e. The van der Waals surface area contributed by atoms with Crippen molar-refractivity contribution in [2.24, 2.45) is 0 Å². The number of aliphatic hydroxyl groups is 1. The number of hydrogen-bond donors (Lipinski definition) is 2. The number of methoxy groups -OCH3 is 1. The molecule has 0 bridgehead atoms. The number of carbonyl (C=O) groups excluding carboxylic acids is 1. The number of nitrogens with one attached hydrogen (secondary N) is 1. The van der Waals surface area contributed by atoms with E-state index in [9.17, 15) is 14.3 Å². The van der Waals surface area contributed by atoms with E-state index < -0.39 is 5.60 Å². The number of hydrogen-bond acceptors (Lipinski definition) is 3. The van der Waals surface area contributed by atoms with Crippen LogP contribution in [0.3, 0.4) is 0 Å². The molecule has 25 heavy (non-hydrogen) atoms. The zero-order chi connectivity index (χ0) is 18.3. The van der Waals surface area contributed by atoms with Gasteiger partial charge in [0.1, 0.15) is 11.6 Å². The van der Waals surface area contributed by atoms with Gasteiger partial charge in [-0.15, -0.1) is 0 Å². The minimum absolute atomic E-state index is 0.134. The second kappa shape index (κ2) is 8.62. The lowest BCUT2D eigenvalue weighted by Gasteiger charge is -2.24. The van der Waals surface area contributed by atoms with Crippen LogP contribution in [0.1, 0.15) is 24.5 Å². The van der Waals surface area contributed by atoms with Gasteiger partial charge in [0, 0.05) is 19.4 Å². The molecule has 2 aromatic carbocycles. The van der Waals surface area contributed by atoms with Crippen LogP contribution in [0.5, 0.6) is 5.75 Å². The van der Waals surface area contributed by atoms with E-state index in [1.807, 2.05) is 24.3 Å². The second-order valence-corrected chi connectivity index (χ2v) is 6.39. The number of rotatable bonds is 8. The highest BCUT2D eigenvalue weighted by Crippen LogP contribution is 2.17. The van der Waals surface area contributed by atoms with Gasteiger partial charge < -0.3 is 15.2 Å². The van der Waals surface area contributed by atoms with Crippen molar-refractivity contribution in [3.05, 3.63) is 65.5 Å². The van der Waals surface area contributed by atoms with E-state index in [-0.39, 0.29) is 24.7 Å². The fourth-order valence-electron chi connectivity index (χ4n) is 2.57. The van der Waals surface area contributed by atoms with Crippen LogP contribution < -0.4 is 10.1 Å². The molecule has 0 spiro atoms. The highest BCUT2D eigenvalue weighted by Gasteiger charge is 2.22. The van der Waals surface area contributed by atoms with Gasteiger partial charge in [0.25, 0.3) is 0 Å². The van der Waals surface area contributed by atoms with E-state index in [1.165, 1.54) is 6.07 Å². The average Bonchev–Trinajstić information content (AvgIpc) is 2.60. The zero-order valence-electron chi connectivity index (χ0n) is 14.6. The summed E-state index contributed by atoms with van der Waals surface area (Å²) in [5, 5.41) is 13.2. The van der Waals surface area contributed by atoms with Crippen LogP contribution >= 0.6 is 0 Å². The molecule has 2 rings (SSSR count). The molecule has 0 aliphatic carbocycles. The molecule has 0 saturated carbocycles. The Hall–Kier alpha value is -2.40. The minimum atomic E-state index is -1.07. The summed E-state index contributed by atoms with van der Waals surface area (Å²) >= 11 is 0. The Morgan fingerprint density at radius 2 is 1.88 bits per heavy atom. The van der Waals surface area contributed by atoms with Gasteiger partial charge in [0.15, 0.2) is 0 Å². The molecule has 0 heterocycles. The molecule has 2 aromatic rings. The Labute approximate surface area is 147 Å². The van der Waals surface area contributed by atoms with Crippen molar-refractivity contribution in [3.63, 3.8) is 0 Å². The molecule has 0 saturated heterocycles. The number of amides is 1. The van der Waals surface area contributed by atoms with Crippen molar-refractivity contribution >= 4 is 5.91 Å². The smallest absolute Gasteiger partial charge is 0.220 e. The fraction of sp³-hybridized carbons (Fsp3) is 0.350. The molecule has 2 N–H and O–H groups in total. The maximum Gasteiger partial charge on any atom is 0.220 e. The average molecular weight is 345 g/mol. The number of benzene rings is 2. The SMILES string of the molecule is COc1ccc(C[C@](C)(O)CNC(=O)CCc2ccccc2F)cc1. The Kier molecular flexibility index (Phi) is 6.53. The molecule has 0 unspecified atom stereocenters. The van der Waals surface area contributed by atoms with Crippen molar-refractivity contribution in [2.75, 3.05) is 13.7 Å². The predicted octanol–water partition coefficient (Wildman–Crippen LogP) is 2.88. The number of ether oxygens (including phenoxy) is 1. The highest BCUT2D eigenvalue weighted by atomic mass is 19.1. The van der Waals surface area contributed by atoms with Crippen molar-refractivity contribution in [3.8, 4) is 5.75 Å². The summed E-state index contributed by atoms with van der Waals surface area (Å²) in [6.07, 6.45) is 0.920. The van der Waals surface area contributed by atoms with Crippen LogP contribution in [-0.4, -0.2) is 30.3 Å². The van der Waals surface area contributed by atoms with E-state index in [2.05, 4.69) is 5.32 Å². The molecule has 4 nitrogen and oxygen atoms in total. The summed E-state index contributed by atoms with van der Waals surface area (Å²) < 4.78 is 18.6. The third kappa shape index (κ3) is 6.19. The summed E-state index contributed by atoms with van der Waals surface area (Å²) in [6.45, 7) is 1.81. The minimum Gasteiger partial charge on any atom is -0.497 e. The van der Waals surface area contributed by atoms with Crippen molar-refractivity contribution in [2.45, 2.75) is 31.8 Å². The molecule has 0 radical (unpaired) electrons. The normalized spacial score (nSPS) is 13.1. The van der Waals surface area contributed by atoms with Crippen LogP contribution in [0.4, 0.5) is 4.39 Å².